The van der Waals surface area contributed by atoms with Gasteiger partial charge in [-0.1, -0.05) is 43.6 Å². The predicted molar refractivity (Wildman–Crippen MR) is 99.9 cm³/mol. The third kappa shape index (κ3) is 3.44. The topological polar surface area (TPSA) is 47.0 Å². The van der Waals surface area contributed by atoms with E-state index in [1.54, 1.807) is 7.11 Å². The molecular formula is C19H20ClN3O. The van der Waals surface area contributed by atoms with Gasteiger partial charge in [-0.3, -0.25) is 0 Å². The molecule has 4 nitrogen and oxygen atoms in total. The summed E-state index contributed by atoms with van der Waals surface area (Å²) in [6.07, 6.45) is 1.82. The van der Waals surface area contributed by atoms with Gasteiger partial charge in [-0.2, -0.15) is 0 Å². The van der Waals surface area contributed by atoms with E-state index in [1.165, 1.54) is 0 Å². The fraction of sp³-hybridized carbons (Fsp3) is 0.263. The zero-order chi connectivity index (χ0) is 17.1. The van der Waals surface area contributed by atoms with Crippen molar-refractivity contribution in [3.05, 3.63) is 47.6 Å². The van der Waals surface area contributed by atoms with Crippen LogP contribution in [0.5, 0.6) is 5.75 Å². The van der Waals surface area contributed by atoms with Gasteiger partial charge in [0.25, 0.3) is 0 Å². The molecule has 1 N–H and O–H groups in total. The van der Waals surface area contributed by atoms with Crippen LogP contribution >= 0.6 is 11.6 Å². The number of hydrogen-bond donors (Lipinski definition) is 1. The van der Waals surface area contributed by atoms with E-state index in [0.717, 1.165) is 34.3 Å². The van der Waals surface area contributed by atoms with Crippen molar-refractivity contribution in [1.29, 1.82) is 0 Å². The molecule has 0 atom stereocenters. The van der Waals surface area contributed by atoms with Crippen LogP contribution in [0.2, 0.25) is 5.02 Å². The van der Waals surface area contributed by atoms with Gasteiger partial charge in [0.2, 0.25) is 5.95 Å². The number of ether oxygens (including phenoxy) is 1. The molecule has 1 heterocycles. The summed E-state index contributed by atoms with van der Waals surface area (Å²) in [7, 11) is 1.65. The lowest BCUT2D eigenvalue weighted by Gasteiger charge is -2.13. The zero-order valence-electron chi connectivity index (χ0n) is 14.0. The first-order valence-electron chi connectivity index (χ1n) is 7.92. The number of hydrogen-bond acceptors (Lipinski definition) is 4. The van der Waals surface area contributed by atoms with Gasteiger partial charge < -0.3 is 10.1 Å². The Morgan fingerprint density at radius 2 is 1.96 bits per heavy atom. The lowest BCUT2D eigenvalue weighted by molar-refractivity contribution is 0.417. The maximum absolute atomic E-state index is 6.34. The van der Waals surface area contributed by atoms with E-state index in [0.29, 0.717) is 16.9 Å². The molecule has 24 heavy (non-hydrogen) atoms. The molecule has 0 bridgehead atoms. The minimum absolute atomic E-state index is 0.529. The first-order valence-corrected chi connectivity index (χ1v) is 8.30. The molecule has 0 saturated heterocycles. The predicted octanol–water partition coefficient (Wildman–Crippen LogP) is 5.03. The minimum Gasteiger partial charge on any atom is -0.496 e. The summed E-state index contributed by atoms with van der Waals surface area (Å²) >= 11 is 6.34. The first kappa shape index (κ1) is 16.5. The number of nitrogens with zero attached hydrogens (tertiary/aromatic N) is 2. The number of anilines is 1. The van der Waals surface area contributed by atoms with Gasteiger partial charge in [0.15, 0.2) is 0 Å². The van der Waals surface area contributed by atoms with Crippen molar-refractivity contribution in [1.82, 2.24) is 9.97 Å². The second-order valence-electron chi connectivity index (χ2n) is 6.06. The molecule has 0 saturated carbocycles. The first-order chi connectivity index (χ1) is 11.6. The standard InChI is InChI=1S/C19H20ClN3O/c1-12(2)10-21-19-22-11-13-8-15(14-6-4-5-7-16(14)20)18(24-3)9-17(13)23-19/h4-9,11-12H,10H2,1-3H3,(H,21,22,23). The molecule has 0 fully saturated rings. The van der Waals surface area contributed by atoms with E-state index < -0.39 is 0 Å². The number of aromatic nitrogens is 2. The number of nitrogens with one attached hydrogen (secondary N) is 1. The highest BCUT2D eigenvalue weighted by Gasteiger charge is 2.12. The summed E-state index contributed by atoms with van der Waals surface area (Å²) in [6.45, 7) is 5.13. The number of halogens is 1. The molecule has 0 amide bonds. The monoisotopic (exact) mass is 341 g/mol. The van der Waals surface area contributed by atoms with Crippen molar-refractivity contribution in [2.45, 2.75) is 13.8 Å². The van der Waals surface area contributed by atoms with E-state index in [1.807, 2.05) is 42.6 Å². The van der Waals surface area contributed by atoms with Crippen LogP contribution in [0.15, 0.2) is 42.6 Å². The molecule has 0 aliphatic carbocycles. The van der Waals surface area contributed by atoms with Crippen LogP contribution in [0.4, 0.5) is 5.95 Å². The lowest BCUT2D eigenvalue weighted by Crippen LogP contribution is -2.10. The molecule has 0 spiro atoms. The van der Waals surface area contributed by atoms with E-state index in [-0.39, 0.29) is 0 Å². The largest absolute Gasteiger partial charge is 0.496 e. The van der Waals surface area contributed by atoms with E-state index in [9.17, 15) is 0 Å². The van der Waals surface area contributed by atoms with Crippen LogP contribution in [-0.2, 0) is 0 Å². The summed E-state index contributed by atoms with van der Waals surface area (Å²) in [5.74, 6) is 1.90. The highest BCUT2D eigenvalue weighted by molar-refractivity contribution is 6.33. The van der Waals surface area contributed by atoms with Crippen LogP contribution in [0.3, 0.4) is 0 Å². The summed E-state index contributed by atoms with van der Waals surface area (Å²) in [5.41, 5.74) is 2.70. The maximum atomic E-state index is 6.34. The Kier molecular flexibility index (Phi) is 4.86. The van der Waals surface area contributed by atoms with Crippen LogP contribution in [-0.4, -0.2) is 23.6 Å². The van der Waals surface area contributed by atoms with Gasteiger partial charge in [-0.05, 0) is 18.1 Å². The van der Waals surface area contributed by atoms with Crippen LogP contribution in [0.1, 0.15) is 13.8 Å². The van der Waals surface area contributed by atoms with Gasteiger partial charge in [-0.25, -0.2) is 9.97 Å². The van der Waals surface area contributed by atoms with Crippen LogP contribution < -0.4 is 10.1 Å². The molecule has 0 unspecified atom stereocenters. The van der Waals surface area contributed by atoms with Gasteiger partial charge in [0.05, 0.1) is 12.6 Å². The Hall–Kier alpha value is -2.33. The average molecular weight is 342 g/mol. The third-order valence-corrected chi connectivity index (χ3v) is 4.06. The molecule has 0 radical (unpaired) electrons. The number of fused-ring (bicyclic) bond motifs is 1. The minimum atomic E-state index is 0.529. The second-order valence-corrected chi connectivity index (χ2v) is 6.47. The molecule has 1 aromatic heterocycles. The SMILES string of the molecule is COc1cc2nc(NCC(C)C)ncc2cc1-c1ccccc1Cl. The van der Waals surface area contributed by atoms with Gasteiger partial charge in [0, 0.05) is 40.3 Å². The summed E-state index contributed by atoms with van der Waals surface area (Å²) in [4.78, 5) is 8.97. The highest BCUT2D eigenvalue weighted by Crippen LogP contribution is 2.37. The Labute approximate surface area is 146 Å². The molecule has 3 aromatic rings. The van der Waals surface area contributed by atoms with Gasteiger partial charge in [-0.15, -0.1) is 0 Å². The molecule has 2 aromatic carbocycles. The number of rotatable bonds is 5. The number of methoxy groups -OCH3 is 1. The Bertz CT molecular complexity index is 864. The second kappa shape index (κ2) is 7.05. The highest BCUT2D eigenvalue weighted by atomic mass is 35.5. The summed E-state index contributed by atoms with van der Waals surface area (Å²) < 4.78 is 5.56. The maximum Gasteiger partial charge on any atom is 0.223 e. The van der Waals surface area contributed by atoms with E-state index >= 15 is 0 Å². The Morgan fingerprint density at radius 3 is 2.67 bits per heavy atom. The van der Waals surface area contributed by atoms with E-state index in [4.69, 9.17) is 16.3 Å². The fourth-order valence-electron chi connectivity index (χ4n) is 2.50. The average Bonchev–Trinajstić information content (AvgIpc) is 2.59. The smallest absolute Gasteiger partial charge is 0.223 e. The van der Waals surface area contributed by atoms with Crippen LogP contribution in [0.25, 0.3) is 22.0 Å². The Morgan fingerprint density at radius 1 is 1.17 bits per heavy atom. The Balaban J connectivity index is 2.06. The zero-order valence-corrected chi connectivity index (χ0v) is 14.8. The van der Waals surface area contributed by atoms with E-state index in [2.05, 4.69) is 29.1 Å². The van der Waals surface area contributed by atoms with Crippen molar-refractivity contribution in [3.8, 4) is 16.9 Å². The molecule has 3 rings (SSSR count). The quantitative estimate of drug-likeness (QED) is 0.707. The lowest BCUT2D eigenvalue weighted by atomic mass is 10.0. The molecule has 0 aliphatic heterocycles. The number of benzene rings is 2. The van der Waals surface area contributed by atoms with Gasteiger partial charge >= 0.3 is 0 Å². The van der Waals surface area contributed by atoms with Crippen molar-refractivity contribution in [2.24, 2.45) is 5.92 Å². The molecular weight excluding hydrogens is 322 g/mol. The molecule has 5 heteroatoms. The van der Waals surface area contributed by atoms with Crippen LogP contribution in [0, 0.1) is 5.92 Å². The third-order valence-electron chi connectivity index (χ3n) is 3.73. The summed E-state index contributed by atoms with van der Waals surface area (Å²) in [6, 6.07) is 11.7. The molecule has 0 aliphatic rings. The fourth-order valence-corrected chi connectivity index (χ4v) is 2.74. The van der Waals surface area contributed by atoms with Crippen molar-refractivity contribution in [3.63, 3.8) is 0 Å². The van der Waals surface area contributed by atoms with Crippen molar-refractivity contribution >= 4 is 28.5 Å². The summed E-state index contributed by atoms with van der Waals surface area (Å²) in [5, 5.41) is 4.88. The van der Waals surface area contributed by atoms with Crippen molar-refractivity contribution in [2.75, 3.05) is 19.0 Å². The normalized spacial score (nSPS) is 11.0. The molecule has 124 valence electrons. The van der Waals surface area contributed by atoms with Crippen molar-refractivity contribution < 1.29 is 4.74 Å². The van der Waals surface area contributed by atoms with Gasteiger partial charge in [0.1, 0.15) is 5.75 Å².